The molecule has 0 radical (unpaired) electrons. The Morgan fingerprint density at radius 3 is 1.71 bits per heavy atom. The molecular formula is C70H68F2N4O. The first kappa shape index (κ1) is 51.1. The van der Waals surface area contributed by atoms with Crippen molar-refractivity contribution in [1.29, 1.82) is 0 Å². The highest BCUT2D eigenvalue weighted by Gasteiger charge is 2.34. The fraction of sp³-hybridized carbons (Fsp3) is 0.243. The Balaban J connectivity index is 1.10. The summed E-state index contributed by atoms with van der Waals surface area (Å²) in [4.78, 5) is 9.62. The third-order valence-corrected chi connectivity index (χ3v) is 15.3. The molecule has 0 saturated carbocycles. The van der Waals surface area contributed by atoms with E-state index in [0.29, 0.717) is 23.7 Å². The number of hydrogen-bond donors (Lipinski definition) is 0. The van der Waals surface area contributed by atoms with Crippen LogP contribution < -0.4 is 14.5 Å². The Bertz CT molecular complexity index is 3860. The number of nitrogens with zero attached hydrogens (tertiary/aromatic N) is 4. The van der Waals surface area contributed by atoms with Gasteiger partial charge in [0.05, 0.1) is 28.1 Å². The van der Waals surface area contributed by atoms with Crippen LogP contribution in [0.4, 0.5) is 31.5 Å². The summed E-state index contributed by atoms with van der Waals surface area (Å²) in [7, 11) is 0. The van der Waals surface area contributed by atoms with Crippen LogP contribution in [0.25, 0.3) is 61.0 Å². The van der Waals surface area contributed by atoms with Crippen molar-refractivity contribution in [3.05, 3.63) is 215 Å². The molecule has 0 amide bonds. The predicted octanol–water partition coefficient (Wildman–Crippen LogP) is 20.0. The van der Waals surface area contributed by atoms with E-state index in [2.05, 4.69) is 243 Å². The van der Waals surface area contributed by atoms with E-state index >= 15 is 8.78 Å². The zero-order valence-corrected chi connectivity index (χ0v) is 46.5. The van der Waals surface area contributed by atoms with Crippen LogP contribution in [-0.2, 0) is 10.8 Å². The largest absolute Gasteiger partial charge is 0.457 e. The van der Waals surface area contributed by atoms with Crippen LogP contribution in [0.5, 0.6) is 11.5 Å². The van der Waals surface area contributed by atoms with Crippen molar-refractivity contribution >= 4 is 44.6 Å². The summed E-state index contributed by atoms with van der Waals surface area (Å²) in [6, 6.07) is 56.1. The van der Waals surface area contributed by atoms with E-state index in [9.17, 15) is 0 Å². The van der Waals surface area contributed by atoms with E-state index in [1.807, 2.05) is 6.20 Å². The van der Waals surface area contributed by atoms with Crippen molar-refractivity contribution in [3.8, 4) is 50.7 Å². The van der Waals surface area contributed by atoms with Crippen molar-refractivity contribution in [2.24, 2.45) is 0 Å². The fourth-order valence-electron chi connectivity index (χ4n) is 11.1. The Morgan fingerprint density at radius 1 is 0.494 bits per heavy atom. The lowest BCUT2D eigenvalue weighted by Crippen LogP contribution is -2.25. The van der Waals surface area contributed by atoms with Crippen LogP contribution in [0.3, 0.4) is 0 Å². The molecular weight excluding hydrogens is 951 g/mol. The molecule has 3 heterocycles. The number of benzene rings is 8. The number of aromatic nitrogens is 2. The summed E-state index contributed by atoms with van der Waals surface area (Å²) in [5, 5.41) is 2.25. The van der Waals surface area contributed by atoms with Gasteiger partial charge in [-0.15, -0.1) is 0 Å². The lowest BCUT2D eigenvalue weighted by Gasteiger charge is -2.31. The first-order chi connectivity index (χ1) is 36.7. The maximum absolute atomic E-state index is 15.6. The van der Waals surface area contributed by atoms with Crippen LogP contribution in [-0.4, -0.2) is 16.2 Å². The summed E-state index contributed by atoms with van der Waals surface area (Å²) in [5.74, 6) is 1.54. The third-order valence-electron chi connectivity index (χ3n) is 15.3. The van der Waals surface area contributed by atoms with Crippen LogP contribution in [0.2, 0.25) is 0 Å². The van der Waals surface area contributed by atoms with Gasteiger partial charge in [0.1, 0.15) is 35.6 Å². The molecule has 0 spiro atoms. The molecule has 0 N–H and O–H groups in total. The van der Waals surface area contributed by atoms with Gasteiger partial charge in [0.25, 0.3) is 0 Å². The highest BCUT2D eigenvalue weighted by atomic mass is 19.1. The summed E-state index contributed by atoms with van der Waals surface area (Å²) in [6.45, 7) is 26.9. The highest BCUT2D eigenvalue weighted by Crippen LogP contribution is 2.53. The van der Waals surface area contributed by atoms with Gasteiger partial charge in [0, 0.05) is 52.0 Å². The first-order valence-electron chi connectivity index (χ1n) is 27.0. The molecule has 5 nitrogen and oxygen atoms in total. The van der Waals surface area contributed by atoms with Crippen LogP contribution in [0.1, 0.15) is 114 Å². The van der Waals surface area contributed by atoms with Crippen LogP contribution in [0, 0.1) is 25.5 Å². The van der Waals surface area contributed by atoms with Crippen molar-refractivity contribution in [2.75, 3.05) is 16.5 Å². The van der Waals surface area contributed by atoms with Gasteiger partial charge >= 0.3 is 0 Å². The van der Waals surface area contributed by atoms with E-state index in [4.69, 9.17) is 9.72 Å². The summed E-state index contributed by atoms with van der Waals surface area (Å²) in [6.07, 6.45) is 1.91. The lowest BCUT2D eigenvalue weighted by atomic mass is 9.81. The molecule has 2 aromatic heterocycles. The summed E-state index contributed by atoms with van der Waals surface area (Å²) >= 11 is 0. The number of ether oxygens (including phenoxy) is 1. The Hall–Kier alpha value is -8.03. The molecule has 0 saturated heterocycles. The Kier molecular flexibility index (Phi) is 13.0. The molecule has 10 aromatic rings. The number of hydrogen-bond acceptors (Lipinski definition) is 4. The lowest BCUT2D eigenvalue weighted by molar-refractivity contribution is 0.483. The molecule has 388 valence electrons. The summed E-state index contributed by atoms with van der Waals surface area (Å²) in [5.41, 5.74) is 18.0. The van der Waals surface area contributed by atoms with Crippen molar-refractivity contribution in [3.63, 3.8) is 0 Å². The zero-order valence-electron chi connectivity index (χ0n) is 46.5. The third kappa shape index (κ3) is 9.89. The van der Waals surface area contributed by atoms with Gasteiger partial charge in [-0.1, -0.05) is 147 Å². The molecule has 7 heteroatoms. The monoisotopic (exact) mass is 1020 g/mol. The first-order valence-corrected chi connectivity index (χ1v) is 27.0. The van der Waals surface area contributed by atoms with Gasteiger partial charge in [-0.2, -0.15) is 0 Å². The molecule has 1 aliphatic rings. The van der Waals surface area contributed by atoms with Gasteiger partial charge in [-0.05, 0) is 160 Å². The molecule has 8 aromatic carbocycles. The normalized spacial score (nSPS) is 12.9. The average Bonchev–Trinajstić information content (AvgIpc) is 4.06. The molecule has 11 rings (SSSR count). The quantitative estimate of drug-likeness (QED) is 0.137. The Labute approximate surface area is 453 Å². The number of pyridine rings is 1. The van der Waals surface area contributed by atoms with Crippen molar-refractivity contribution in [1.82, 2.24) is 9.55 Å². The minimum absolute atomic E-state index is 0.0602. The van der Waals surface area contributed by atoms with Crippen LogP contribution in [0.15, 0.2) is 170 Å². The molecule has 0 bridgehead atoms. The minimum atomic E-state index is -0.622. The van der Waals surface area contributed by atoms with Crippen molar-refractivity contribution in [2.45, 2.75) is 106 Å². The zero-order chi connectivity index (χ0) is 54.2. The van der Waals surface area contributed by atoms with E-state index in [1.165, 1.54) is 39.9 Å². The van der Waals surface area contributed by atoms with Gasteiger partial charge in [-0.25, -0.2) is 13.8 Å². The van der Waals surface area contributed by atoms with Gasteiger partial charge in [0.15, 0.2) is 0 Å². The number of para-hydroxylation sites is 3. The van der Waals surface area contributed by atoms with Crippen LogP contribution >= 0.6 is 0 Å². The van der Waals surface area contributed by atoms with E-state index in [1.54, 1.807) is 0 Å². The smallest absolute Gasteiger partial charge is 0.137 e. The molecule has 77 heavy (non-hydrogen) atoms. The molecule has 0 fully saturated rings. The molecule has 0 unspecified atom stereocenters. The molecule has 0 atom stereocenters. The number of fused-ring (bicyclic) bond motifs is 4. The van der Waals surface area contributed by atoms with E-state index in [-0.39, 0.29) is 22.7 Å². The second-order valence-electron chi connectivity index (χ2n) is 23.9. The average molecular weight is 1020 g/mol. The second-order valence-corrected chi connectivity index (χ2v) is 23.9. The Morgan fingerprint density at radius 2 is 1.08 bits per heavy atom. The van der Waals surface area contributed by atoms with Gasteiger partial charge in [-0.3, -0.25) is 4.57 Å². The van der Waals surface area contributed by atoms with E-state index in [0.717, 1.165) is 89.8 Å². The van der Waals surface area contributed by atoms with Crippen molar-refractivity contribution < 1.29 is 13.5 Å². The van der Waals surface area contributed by atoms with E-state index < -0.39 is 11.6 Å². The molecule has 0 aliphatic carbocycles. The standard InChI is InChI=1S/C70H68F2N4O/c1-42(2)46-28-47(43(3)4)30-50(29-46)61-35-53(70(10,11)12)36-62(51-31-54(71)38-55(72)32-51)68(61)75-41-74(64-19-15-16-20-65(64)75)56-33-49(48-26-44(5)25-45(6)27-48)34-58(39-56)77-57-21-22-60-59-17-13-14-18-63(59)76(66(60)40-57)67-37-52(23-24-73-67)69(7,8)9/h13-40,42-43H,41H2,1-12H3. The van der Waals surface area contributed by atoms with Gasteiger partial charge < -0.3 is 14.5 Å². The maximum atomic E-state index is 15.6. The number of halogens is 2. The second kappa shape index (κ2) is 19.5. The number of anilines is 4. The minimum Gasteiger partial charge on any atom is -0.457 e. The highest BCUT2D eigenvalue weighted by molar-refractivity contribution is 6.09. The SMILES string of the molecule is Cc1cc(C)cc(-c2cc(Oc3ccc4c5ccccc5n(-c5cc(C(C)(C)C)ccn5)c4c3)cc(N3CN(c4c(-c5cc(F)cc(F)c5)cc(C(C)(C)C)cc4-c4cc(C(C)C)cc(C(C)C)c4)c4ccccc43)c2)c1. The number of rotatable bonds is 10. The topological polar surface area (TPSA) is 33.5 Å². The predicted molar refractivity (Wildman–Crippen MR) is 318 cm³/mol. The molecule has 1 aliphatic heterocycles. The number of aryl methyl sites for hydroxylation is 2. The maximum Gasteiger partial charge on any atom is 0.137 e. The van der Waals surface area contributed by atoms with Gasteiger partial charge in [0.2, 0.25) is 0 Å². The summed E-state index contributed by atoms with van der Waals surface area (Å²) < 4.78 is 40.6. The fourth-order valence-corrected chi connectivity index (χ4v) is 11.1.